The molecule has 2 fully saturated rings. The fourth-order valence-electron chi connectivity index (χ4n) is 3.03. The average molecular weight is 348 g/mol. The van der Waals surface area contributed by atoms with E-state index < -0.39 is 0 Å². The highest BCUT2D eigenvalue weighted by atomic mass is 16.5. The molecule has 1 saturated carbocycles. The number of hydrogen-bond donors (Lipinski definition) is 1. The Bertz CT molecular complexity index is 572. The summed E-state index contributed by atoms with van der Waals surface area (Å²) in [5.74, 6) is 2.68. The minimum atomic E-state index is 0.0191. The third-order valence-electron chi connectivity index (χ3n) is 5.04. The summed E-state index contributed by atoms with van der Waals surface area (Å²) in [6.45, 7) is 3.02. The molecule has 1 saturated heterocycles. The summed E-state index contributed by atoms with van der Waals surface area (Å²) in [5.41, 5.74) is 1.05. The number of likely N-dealkylation sites (tertiary alicyclic amines) is 1. The van der Waals surface area contributed by atoms with Gasteiger partial charge in [0.05, 0.1) is 20.8 Å². The molecule has 0 aromatic heterocycles. The van der Waals surface area contributed by atoms with Crippen LogP contribution in [-0.2, 0) is 6.42 Å². The van der Waals surface area contributed by atoms with Gasteiger partial charge < -0.3 is 24.4 Å². The Balaban J connectivity index is 1.59. The van der Waals surface area contributed by atoms with Crippen LogP contribution in [0.3, 0.4) is 0 Å². The number of methoxy groups -OCH3 is 2. The van der Waals surface area contributed by atoms with E-state index in [9.17, 15) is 4.79 Å². The third kappa shape index (κ3) is 4.30. The molecule has 0 unspecified atom stereocenters. The predicted molar refractivity (Wildman–Crippen MR) is 95.7 cm³/mol. The Hall–Kier alpha value is -2.11. The first-order valence-corrected chi connectivity index (χ1v) is 9.11. The number of amides is 2. The van der Waals surface area contributed by atoms with Crippen molar-refractivity contribution in [2.24, 2.45) is 5.92 Å². The zero-order chi connectivity index (χ0) is 17.6. The molecule has 138 valence electrons. The summed E-state index contributed by atoms with van der Waals surface area (Å²) >= 11 is 0. The van der Waals surface area contributed by atoms with E-state index in [0.717, 1.165) is 31.5 Å². The standard InChI is InChI=1S/C19H28N2O4/c1-23-16-11-15(7-8-20-19(22)21-9-4-10-21)12-17(24-2)18(16)25-13-14-5-3-6-14/h11-12,14H,3-10,13H2,1-2H3,(H,20,22). The fourth-order valence-corrected chi connectivity index (χ4v) is 3.03. The molecular weight excluding hydrogens is 320 g/mol. The highest BCUT2D eigenvalue weighted by Gasteiger charge is 2.22. The van der Waals surface area contributed by atoms with E-state index in [0.29, 0.717) is 36.3 Å². The lowest BCUT2D eigenvalue weighted by Crippen LogP contribution is -2.48. The van der Waals surface area contributed by atoms with Crippen molar-refractivity contribution in [3.05, 3.63) is 17.7 Å². The van der Waals surface area contributed by atoms with E-state index >= 15 is 0 Å². The molecule has 0 atom stereocenters. The SMILES string of the molecule is COc1cc(CCNC(=O)N2CCC2)cc(OC)c1OCC1CCC1. The molecule has 2 amide bonds. The van der Waals surface area contributed by atoms with Crippen molar-refractivity contribution >= 4 is 6.03 Å². The maximum Gasteiger partial charge on any atom is 0.317 e. The monoisotopic (exact) mass is 348 g/mol. The lowest BCUT2D eigenvalue weighted by atomic mass is 9.86. The van der Waals surface area contributed by atoms with Gasteiger partial charge in [0, 0.05) is 19.6 Å². The van der Waals surface area contributed by atoms with Crippen LogP contribution in [0.5, 0.6) is 17.2 Å². The number of nitrogens with zero attached hydrogens (tertiary/aromatic N) is 1. The number of benzene rings is 1. The molecule has 25 heavy (non-hydrogen) atoms. The number of carbonyl (C=O) groups is 1. The Morgan fingerprint density at radius 1 is 1.16 bits per heavy atom. The predicted octanol–water partition coefficient (Wildman–Crippen LogP) is 2.84. The zero-order valence-electron chi connectivity index (χ0n) is 15.2. The molecule has 1 aromatic carbocycles. The average Bonchev–Trinajstić information content (AvgIpc) is 2.52. The minimum Gasteiger partial charge on any atom is -0.493 e. The molecule has 6 nitrogen and oxygen atoms in total. The number of carbonyl (C=O) groups excluding carboxylic acids is 1. The topological polar surface area (TPSA) is 60.0 Å². The van der Waals surface area contributed by atoms with Gasteiger partial charge in [0.15, 0.2) is 11.5 Å². The molecule has 1 aliphatic heterocycles. The van der Waals surface area contributed by atoms with Crippen molar-refractivity contribution in [1.29, 1.82) is 0 Å². The van der Waals surface area contributed by atoms with E-state index in [1.165, 1.54) is 19.3 Å². The number of nitrogens with one attached hydrogen (secondary N) is 1. The van der Waals surface area contributed by atoms with Gasteiger partial charge in [-0.15, -0.1) is 0 Å². The van der Waals surface area contributed by atoms with Gasteiger partial charge in [-0.2, -0.15) is 0 Å². The molecule has 1 N–H and O–H groups in total. The number of hydrogen-bond acceptors (Lipinski definition) is 4. The Morgan fingerprint density at radius 2 is 1.84 bits per heavy atom. The second kappa shape index (κ2) is 8.32. The molecule has 1 heterocycles. The number of urea groups is 1. The smallest absolute Gasteiger partial charge is 0.317 e. The molecule has 2 aliphatic rings. The van der Waals surface area contributed by atoms with Crippen molar-refractivity contribution in [2.45, 2.75) is 32.1 Å². The second-order valence-electron chi connectivity index (χ2n) is 6.76. The van der Waals surface area contributed by atoms with E-state index in [4.69, 9.17) is 14.2 Å². The number of rotatable bonds is 8. The van der Waals surface area contributed by atoms with Crippen molar-refractivity contribution < 1.29 is 19.0 Å². The summed E-state index contributed by atoms with van der Waals surface area (Å²) in [4.78, 5) is 13.7. The molecule has 1 aliphatic carbocycles. The lowest BCUT2D eigenvalue weighted by Gasteiger charge is -2.30. The first kappa shape index (κ1) is 17.7. The van der Waals surface area contributed by atoms with Crippen LogP contribution < -0.4 is 19.5 Å². The highest BCUT2D eigenvalue weighted by molar-refractivity contribution is 5.74. The maximum atomic E-state index is 11.8. The maximum absolute atomic E-state index is 11.8. The van der Waals surface area contributed by atoms with E-state index in [1.807, 2.05) is 17.0 Å². The van der Waals surface area contributed by atoms with Gasteiger partial charge >= 0.3 is 6.03 Å². The van der Waals surface area contributed by atoms with Crippen LogP contribution in [0.4, 0.5) is 4.79 Å². The van der Waals surface area contributed by atoms with E-state index in [1.54, 1.807) is 14.2 Å². The van der Waals surface area contributed by atoms with Crippen molar-refractivity contribution in [2.75, 3.05) is 40.5 Å². The van der Waals surface area contributed by atoms with Crippen LogP contribution in [0.2, 0.25) is 0 Å². The molecule has 0 radical (unpaired) electrons. The Labute approximate surface area is 149 Å². The number of ether oxygens (including phenoxy) is 3. The first-order chi connectivity index (χ1) is 12.2. The summed E-state index contributed by atoms with van der Waals surface area (Å²) in [6.07, 6.45) is 5.59. The molecule has 3 rings (SSSR count). The van der Waals surface area contributed by atoms with Gasteiger partial charge in [-0.1, -0.05) is 6.42 Å². The van der Waals surface area contributed by atoms with Gasteiger partial charge in [0.1, 0.15) is 0 Å². The van der Waals surface area contributed by atoms with E-state index in [2.05, 4.69) is 5.32 Å². The molecule has 6 heteroatoms. The molecule has 1 aromatic rings. The van der Waals surface area contributed by atoms with Gasteiger partial charge in [0.2, 0.25) is 5.75 Å². The molecular formula is C19H28N2O4. The van der Waals surface area contributed by atoms with Gasteiger partial charge in [-0.05, 0) is 49.3 Å². The summed E-state index contributed by atoms with van der Waals surface area (Å²) in [7, 11) is 3.28. The Kier molecular flexibility index (Phi) is 5.89. The second-order valence-corrected chi connectivity index (χ2v) is 6.76. The van der Waals surface area contributed by atoms with Crippen LogP contribution in [0.15, 0.2) is 12.1 Å². The van der Waals surface area contributed by atoms with Crippen LogP contribution in [0.1, 0.15) is 31.2 Å². The van der Waals surface area contributed by atoms with Crippen molar-refractivity contribution in [1.82, 2.24) is 10.2 Å². The van der Waals surface area contributed by atoms with Gasteiger partial charge in [-0.25, -0.2) is 4.79 Å². The largest absolute Gasteiger partial charge is 0.493 e. The molecule has 0 spiro atoms. The van der Waals surface area contributed by atoms with Gasteiger partial charge in [-0.3, -0.25) is 0 Å². The summed E-state index contributed by atoms with van der Waals surface area (Å²) < 4.78 is 17.0. The Morgan fingerprint density at radius 3 is 2.32 bits per heavy atom. The van der Waals surface area contributed by atoms with Crippen LogP contribution >= 0.6 is 0 Å². The summed E-state index contributed by atoms with van der Waals surface area (Å²) in [6, 6.07) is 3.95. The van der Waals surface area contributed by atoms with Gasteiger partial charge in [0.25, 0.3) is 0 Å². The lowest BCUT2D eigenvalue weighted by molar-refractivity contribution is 0.167. The van der Waals surface area contributed by atoms with Crippen LogP contribution in [0, 0.1) is 5.92 Å². The van der Waals surface area contributed by atoms with E-state index in [-0.39, 0.29) is 6.03 Å². The third-order valence-corrected chi connectivity index (χ3v) is 5.04. The zero-order valence-corrected chi connectivity index (χ0v) is 15.2. The highest BCUT2D eigenvalue weighted by Crippen LogP contribution is 2.40. The summed E-state index contributed by atoms with van der Waals surface area (Å²) in [5, 5.41) is 2.95. The quantitative estimate of drug-likeness (QED) is 0.785. The van der Waals surface area contributed by atoms with Crippen molar-refractivity contribution in [3.63, 3.8) is 0 Å². The molecule has 0 bridgehead atoms. The van der Waals surface area contributed by atoms with Crippen LogP contribution in [-0.4, -0.2) is 51.4 Å². The first-order valence-electron chi connectivity index (χ1n) is 9.11. The van der Waals surface area contributed by atoms with Crippen molar-refractivity contribution in [3.8, 4) is 17.2 Å². The normalized spacial score (nSPS) is 16.6. The van der Waals surface area contributed by atoms with Crippen LogP contribution in [0.25, 0.3) is 0 Å². The minimum absolute atomic E-state index is 0.0191. The fraction of sp³-hybridized carbons (Fsp3) is 0.632.